The van der Waals surface area contributed by atoms with E-state index in [1.54, 1.807) is 7.11 Å². The maximum absolute atomic E-state index is 10.6. The predicted molar refractivity (Wildman–Crippen MR) is 43.9 cm³/mol. The normalized spacial score (nSPS) is 9.83. The van der Waals surface area contributed by atoms with E-state index in [1.807, 2.05) is 0 Å². The molecule has 0 atom stereocenters. The van der Waals surface area contributed by atoms with Crippen LogP contribution in [-0.2, 0) is 19.0 Å². The summed E-state index contributed by atoms with van der Waals surface area (Å²) in [6.45, 7) is 1.76. The molecule has 0 unspecified atom stereocenters. The van der Waals surface area contributed by atoms with E-state index in [-0.39, 0.29) is 5.97 Å². The molecule has 0 aromatic carbocycles. The van der Waals surface area contributed by atoms with Crippen LogP contribution in [0.1, 0.15) is 12.8 Å². The standard InChI is InChI=1S/C8H16O4/c1-10-6-7-12-5-3-4-8(9)11-2/h3-7H2,1-2H3. The molecule has 0 aliphatic rings. The molecule has 0 aliphatic heterocycles. The molecule has 4 nitrogen and oxygen atoms in total. The molecule has 72 valence electrons. The Morgan fingerprint density at radius 2 is 1.92 bits per heavy atom. The fourth-order valence-corrected chi connectivity index (χ4v) is 0.665. The second kappa shape index (κ2) is 8.49. The lowest BCUT2D eigenvalue weighted by atomic mass is 10.3. The number of esters is 1. The Morgan fingerprint density at radius 1 is 1.17 bits per heavy atom. The minimum Gasteiger partial charge on any atom is -0.469 e. The fourth-order valence-electron chi connectivity index (χ4n) is 0.665. The summed E-state index contributed by atoms with van der Waals surface area (Å²) in [6, 6.07) is 0. The van der Waals surface area contributed by atoms with Crippen molar-refractivity contribution >= 4 is 5.97 Å². The average molecular weight is 176 g/mol. The molecule has 0 aromatic rings. The van der Waals surface area contributed by atoms with E-state index >= 15 is 0 Å². The molecule has 0 saturated carbocycles. The van der Waals surface area contributed by atoms with E-state index < -0.39 is 0 Å². The first-order valence-electron chi connectivity index (χ1n) is 3.94. The van der Waals surface area contributed by atoms with E-state index in [9.17, 15) is 4.79 Å². The van der Waals surface area contributed by atoms with Crippen LogP contribution < -0.4 is 0 Å². The smallest absolute Gasteiger partial charge is 0.305 e. The molecule has 0 saturated heterocycles. The van der Waals surface area contributed by atoms with E-state index in [0.717, 1.165) is 0 Å². The average Bonchev–Trinajstić information content (AvgIpc) is 2.10. The van der Waals surface area contributed by atoms with Gasteiger partial charge in [-0.2, -0.15) is 0 Å². The van der Waals surface area contributed by atoms with Crippen molar-refractivity contribution < 1.29 is 19.0 Å². The number of carbonyl (C=O) groups excluding carboxylic acids is 1. The topological polar surface area (TPSA) is 44.8 Å². The fraction of sp³-hybridized carbons (Fsp3) is 0.875. The second-order valence-electron chi connectivity index (χ2n) is 2.28. The monoisotopic (exact) mass is 176 g/mol. The zero-order valence-electron chi connectivity index (χ0n) is 7.67. The molecule has 0 heterocycles. The van der Waals surface area contributed by atoms with Crippen molar-refractivity contribution in [3.63, 3.8) is 0 Å². The first-order chi connectivity index (χ1) is 5.81. The number of hydrogen-bond donors (Lipinski definition) is 0. The van der Waals surface area contributed by atoms with Crippen molar-refractivity contribution in [1.82, 2.24) is 0 Å². The van der Waals surface area contributed by atoms with Gasteiger partial charge in [-0.1, -0.05) is 0 Å². The molecule has 12 heavy (non-hydrogen) atoms. The molecular weight excluding hydrogens is 160 g/mol. The zero-order valence-corrected chi connectivity index (χ0v) is 7.67. The number of rotatable bonds is 7. The molecule has 0 N–H and O–H groups in total. The third-order valence-corrected chi connectivity index (χ3v) is 1.33. The van der Waals surface area contributed by atoms with E-state index in [0.29, 0.717) is 32.7 Å². The van der Waals surface area contributed by atoms with Gasteiger partial charge in [-0.25, -0.2) is 0 Å². The van der Waals surface area contributed by atoms with Crippen LogP contribution in [0.25, 0.3) is 0 Å². The molecular formula is C8H16O4. The molecule has 0 spiro atoms. The summed E-state index contributed by atoms with van der Waals surface area (Å²) in [4.78, 5) is 10.6. The largest absolute Gasteiger partial charge is 0.469 e. The van der Waals surface area contributed by atoms with Crippen LogP contribution in [0, 0.1) is 0 Å². The highest BCUT2D eigenvalue weighted by molar-refractivity contribution is 5.68. The van der Waals surface area contributed by atoms with Gasteiger partial charge in [0.25, 0.3) is 0 Å². The minimum atomic E-state index is -0.189. The van der Waals surface area contributed by atoms with Gasteiger partial charge in [0.15, 0.2) is 0 Å². The van der Waals surface area contributed by atoms with Gasteiger partial charge in [0.05, 0.1) is 20.3 Å². The van der Waals surface area contributed by atoms with Gasteiger partial charge in [0.1, 0.15) is 0 Å². The minimum absolute atomic E-state index is 0.189. The SMILES string of the molecule is COCCOCCCC(=O)OC. The molecule has 0 rings (SSSR count). The summed E-state index contributed by atoms with van der Waals surface area (Å²) in [7, 11) is 3.01. The second-order valence-corrected chi connectivity index (χ2v) is 2.28. The lowest BCUT2D eigenvalue weighted by molar-refractivity contribution is -0.141. The van der Waals surface area contributed by atoms with Crippen LogP contribution in [0.3, 0.4) is 0 Å². The Bertz CT molecular complexity index is 114. The molecule has 0 aromatic heterocycles. The Kier molecular flexibility index (Phi) is 8.05. The number of carbonyl (C=O) groups is 1. The van der Waals surface area contributed by atoms with Crippen molar-refractivity contribution in [1.29, 1.82) is 0 Å². The maximum Gasteiger partial charge on any atom is 0.305 e. The summed E-state index contributed by atoms with van der Waals surface area (Å²) < 4.78 is 14.4. The highest BCUT2D eigenvalue weighted by Crippen LogP contribution is 1.92. The molecule has 4 heteroatoms. The molecule has 0 bridgehead atoms. The van der Waals surface area contributed by atoms with E-state index in [1.165, 1.54) is 7.11 Å². The van der Waals surface area contributed by atoms with Gasteiger partial charge in [-0.15, -0.1) is 0 Å². The van der Waals surface area contributed by atoms with Crippen LogP contribution in [0.15, 0.2) is 0 Å². The molecule has 0 radical (unpaired) electrons. The van der Waals surface area contributed by atoms with Crippen LogP contribution in [0.5, 0.6) is 0 Å². The highest BCUT2D eigenvalue weighted by Gasteiger charge is 1.98. The Hall–Kier alpha value is -0.610. The van der Waals surface area contributed by atoms with Gasteiger partial charge in [0, 0.05) is 20.1 Å². The van der Waals surface area contributed by atoms with Gasteiger partial charge in [-0.3, -0.25) is 4.79 Å². The van der Waals surface area contributed by atoms with Gasteiger partial charge in [-0.05, 0) is 6.42 Å². The van der Waals surface area contributed by atoms with E-state index in [2.05, 4.69) is 4.74 Å². The lowest BCUT2D eigenvalue weighted by Crippen LogP contribution is -2.06. The number of ether oxygens (including phenoxy) is 3. The van der Waals surface area contributed by atoms with Crippen molar-refractivity contribution in [3.05, 3.63) is 0 Å². The Labute approximate surface area is 72.8 Å². The summed E-state index contributed by atoms with van der Waals surface area (Å²) in [6.07, 6.45) is 1.12. The number of methoxy groups -OCH3 is 2. The Balaban J connectivity index is 2.95. The van der Waals surface area contributed by atoms with Crippen molar-refractivity contribution in [3.8, 4) is 0 Å². The van der Waals surface area contributed by atoms with Crippen LogP contribution >= 0.6 is 0 Å². The van der Waals surface area contributed by atoms with Crippen molar-refractivity contribution in [2.24, 2.45) is 0 Å². The van der Waals surface area contributed by atoms with Gasteiger partial charge in [0.2, 0.25) is 0 Å². The summed E-state index contributed by atoms with van der Waals surface area (Å²) in [5, 5.41) is 0. The van der Waals surface area contributed by atoms with Crippen molar-refractivity contribution in [2.45, 2.75) is 12.8 Å². The summed E-state index contributed by atoms with van der Waals surface area (Å²) in [5.41, 5.74) is 0. The first kappa shape index (κ1) is 11.4. The van der Waals surface area contributed by atoms with Gasteiger partial charge >= 0.3 is 5.97 Å². The van der Waals surface area contributed by atoms with Crippen molar-refractivity contribution in [2.75, 3.05) is 34.0 Å². The predicted octanol–water partition coefficient (Wildman–Crippen LogP) is 0.603. The highest BCUT2D eigenvalue weighted by atomic mass is 16.5. The lowest BCUT2D eigenvalue weighted by Gasteiger charge is -2.02. The third-order valence-electron chi connectivity index (χ3n) is 1.33. The first-order valence-corrected chi connectivity index (χ1v) is 3.94. The van der Waals surface area contributed by atoms with Crippen LogP contribution in [0.2, 0.25) is 0 Å². The molecule has 0 aliphatic carbocycles. The van der Waals surface area contributed by atoms with Crippen LogP contribution in [-0.4, -0.2) is 40.0 Å². The summed E-state index contributed by atoms with van der Waals surface area (Å²) >= 11 is 0. The summed E-state index contributed by atoms with van der Waals surface area (Å²) in [5.74, 6) is -0.189. The van der Waals surface area contributed by atoms with E-state index in [4.69, 9.17) is 9.47 Å². The maximum atomic E-state index is 10.6. The zero-order chi connectivity index (χ0) is 9.23. The molecule has 0 fully saturated rings. The third kappa shape index (κ3) is 7.50. The van der Waals surface area contributed by atoms with Gasteiger partial charge < -0.3 is 14.2 Å². The van der Waals surface area contributed by atoms with Crippen LogP contribution in [0.4, 0.5) is 0 Å². The molecule has 0 amide bonds. The number of hydrogen-bond acceptors (Lipinski definition) is 4. The quantitative estimate of drug-likeness (QED) is 0.421. The Morgan fingerprint density at radius 3 is 2.50 bits per heavy atom.